The predicted octanol–water partition coefficient (Wildman–Crippen LogP) is 1.84. The number of rotatable bonds is 1. The van der Waals surface area contributed by atoms with E-state index in [-0.39, 0.29) is 18.2 Å². The fraction of sp³-hybridized carbons (Fsp3) is 0.0667. The highest BCUT2D eigenvalue weighted by Crippen LogP contribution is 2.19. The Morgan fingerprint density at radius 3 is 1.86 bits per heavy atom. The van der Waals surface area contributed by atoms with Gasteiger partial charge in [0.1, 0.15) is 18.0 Å². The lowest BCUT2D eigenvalue weighted by atomic mass is 10.3. The molecule has 3 amide bonds. The first-order valence-electron chi connectivity index (χ1n) is 6.20. The number of para-hydroxylation sites is 1. The molecule has 21 heavy (non-hydrogen) atoms. The first-order valence-corrected chi connectivity index (χ1v) is 6.20. The van der Waals surface area contributed by atoms with Crippen molar-refractivity contribution >= 4 is 17.6 Å². The summed E-state index contributed by atoms with van der Waals surface area (Å²) in [6, 6.07) is 14.4. The molecule has 6 heteroatoms. The average Bonchev–Trinajstić information content (AvgIpc) is 2.80. The van der Waals surface area contributed by atoms with Gasteiger partial charge >= 0.3 is 6.03 Å². The lowest BCUT2D eigenvalue weighted by Gasteiger charge is -2.12. The van der Waals surface area contributed by atoms with Crippen molar-refractivity contribution in [3.8, 4) is 11.5 Å². The fourth-order valence-corrected chi connectivity index (χ4v) is 1.71. The summed E-state index contributed by atoms with van der Waals surface area (Å²) in [4.78, 5) is 23.4. The quantitative estimate of drug-likeness (QED) is 0.698. The van der Waals surface area contributed by atoms with Crippen LogP contribution in [0.4, 0.5) is 10.5 Å². The van der Waals surface area contributed by atoms with Gasteiger partial charge in [0.25, 0.3) is 0 Å². The number of nitrogens with one attached hydrogen (secondary N) is 1. The molecular formula is C15H14N2O4. The Morgan fingerprint density at radius 1 is 0.857 bits per heavy atom. The zero-order valence-corrected chi connectivity index (χ0v) is 11.1. The number of urea groups is 1. The van der Waals surface area contributed by atoms with Gasteiger partial charge in [-0.3, -0.25) is 15.0 Å². The molecule has 1 aliphatic heterocycles. The summed E-state index contributed by atoms with van der Waals surface area (Å²) in [5.74, 6) is 0.130. The van der Waals surface area contributed by atoms with Crippen LogP contribution in [0, 0.1) is 0 Å². The highest BCUT2D eigenvalue weighted by Gasteiger charge is 2.27. The number of carbonyl (C=O) groups excluding carboxylic acids is 2. The van der Waals surface area contributed by atoms with Crippen LogP contribution in [0.3, 0.4) is 0 Å². The Morgan fingerprint density at radius 2 is 1.43 bits per heavy atom. The van der Waals surface area contributed by atoms with E-state index >= 15 is 0 Å². The molecule has 0 aliphatic carbocycles. The third kappa shape index (κ3) is 3.97. The van der Waals surface area contributed by atoms with Crippen LogP contribution in [0.25, 0.3) is 0 Å². The van der Waals surface area contributed by atoms with E-state index in [1.54, 1.807) is 36.4 Å². The van der Waals surface area contributed by atoms with E-state index in [9.17, 15) is 9.59 Å². The largest absolute Gasteiger partial charge is 0.508 e. The van der Waals surface area contributed by atoms with Crippen molar-refractivity contribution < 1.29 is 19.8 Å². The molecule has 1 saturated heterocycles. The first kappa shape index (κ1) is 14.4. The van der Waals surface area contributed by atoms with Gasteiger partial charge in [-0.25, -0.2) is 4.79 Å². The zero-order chi connectivity index (χ0) is 15.2. The Kier molecular flexibility index (Phi) is 4.40. The van der Waals surface area contributed by atoms with E-state index in [0.717, 1.165) is 0 Å². The van der Waals surface area contributed by atoms with Gasteiger partial charge in [0.2, 0.25) is 5.91 Å². The van der Waals surface area contributed by atoms with Gasteiger partial charge in [-0.05, 0) is 36.4 Å². The molecule has 0 unspecified atom stereocenters. The second-order valence-corrected chi connectivity index (χ2v) is 4.29. The number of nitrogens with zero attached hydrogens (tertiary/aromatic N) is 1. The van der Waals surface area contributed by atoms with E-state index in [1.165, 1.54) is 17.0 Å². The SMILES string of the molecule is O=C1CN(c2ccc(O)cc2)C(=O)N1.Oc1ccccc1. The van der Waals surface area contributed by atoms with Gasteiger partial charge in [0, 0.05) is 5.69 Å². The molecule has 0 saturated carbocycles. The van der Waals surface area contributed by atoms with Crippen molar-refractivity contribution in [1.82, 2.24) is 5.32 Å². The van der Waals surface area contributed by atoms with Gasteiger partial charge in [-0.1, -0.05) is 18.2 Å². The van der Waals surface area contributed by atoms with E-state index in [2.05, 4.69) is 5.32 Å². The molecule has 1 aliphatic rings. The van der Waals surface area contributed by atoms with Crippen molar-refractivity contribution in [2.24, 2.45) is 0 Å². The molecule has 0 aromatic heterocycles. The van der Waals surface area contributed by atoms with Crippen LogP contribution in [-0.4, -0.2) is 28.7 Å². The van der Waals surface area contributed by atoms with E-state index in [1.807, 2.05) is 6.07 Å². The molecule has 3 rings (SSSR count). The van der Waals surface area contributed by atoms with Crippen molar-refractivity contribution in [1.29, 1.82) is 0 Å². The van der Waals surface area contributed by atoms with Crippen molar-refractivity contribution in [3.63, 3.8) is 0 Å². The summed E-state index contributed by atoms with van der Waals surface area (Å²) in [5.41, 5.74) is 0.589. The Hall–Kier alpha value is -3.02. The van der Waals surface area contributed by atoms with Gasteiger partial charge in [-0.2, -0.15) is 0 Å². The van der Waals surface area contributed by atoms with Crippen LogP contribution in [0.2, 0.25) is 0 Å². The maximum Gasteiger partial charge on any atom is 0.329 e. The number of benzene rings is 2. The Bertz CT molecular complexity index is 626. The summed E-state index contributed by atoms with van der Waals surface area (Å²) in [5, 5.41) is 19.8. The third-order valence-electron chi connectivity index (χ3n) is 2.71. The minimum Gasteiger partial charge on any atom is -0.508 e. The van der Waals surface area contributed by atoms with Crippen LogP contribution in [0.1, 0.15) is 0 Å². The first-order chi connectivity index (χ1) is 10.1. The topological polar surface area (TPSA) is 89.9 Å². The monoisotopic (exact) mass is 286 g/mol. The second kappa shape index (κ2) is 6.42. The Labute approximate surface area is 121 Å². The van der Waals surface area contributed by atoms with Crippen LogP contribution in [0.5, 0.6) is 11.5 Å². The number of carbonyl (C=O) groups is 2. The number of imide groups is 1. The van der Waals surface area contributed by atoms with Crippen LogP contribution in [0.15, 0.2) is 54.6 Å². The molecule has 1 heterocycles. The van der Waals surface area contributed by atoms with Gasteiger partial charge in [0.05, 0.1) is 0 Å². The molecule has 108 valence electrons. The number of hydrogen-bond acceptors (Lipinski definition) is 4. The number of aromatic hydroxyl groups is 2. The summed E-state index contributed by atoms with van der Waals surface area (Å²) in [7, 11) is 0. The second-order valence-electron chi connectivity index (χ2n) is 4.29. The van der Waals surface area contributed by atoms with E-state index in [4.69, 9.17) is 10.2 Å². The predicted molar refractivity (Wildman–Crippen MR) is 77.1 cm³/mol. The molecular weight excluding hydrogens is 272 g/mol. The normalized spacial score (nSPS) is 13.4. The third-order valence-corrected chi connectivity index (χ3v) is 2.71. The number of amides is 3. The van der Waals surface area contributed by atoms with Crippen molar-refractivity contribution in [2.75, 3.05) is 11.4 Å². The smallest absolute Gasteiger partial charge is 0.329 e. The maximum absolute atomic E-state index is 11.2. The van der Waals surface area contributed by atoms with Crippen LogP contribution < -0.4 is 10.2 Å². The highest BCUT2D eigenvalue weighted by atomic mass is 16.3. The standard InChI is InChI=1S/C9H8N2O3.C6H6O/c12-7-3-1-6(2-4-7)11-5-8(13)10-9(11)14;7-6-4-2-1-3-5-6/h1-4,12H,5H2,(H,10,13,14);1-5,7H. The minimum absolute atomic E-state index is 0.0314. The molecule has 0 spiro atoms. The van der Waals surface area contributed by atoms with Crippen molar-refractivity contribution in [2.45, 2.75) is 0 Å². The lowest BCUT2D eigenvalue weighted by molar-refractivity contribution is -0.117. The number of anilines is 1. The molecule has 2 aromatic carbocycles. The highest BCUT2D eigenvalue weighted by molar-refractivity contribution is 6.12. The molecule has 3 N–H and O–H groups in total. The van der Waals surface area contributed by atoms with E-state index in [0.29, 0.717) is 11.4 Å². The molecule has 0 radical (unpaired) electrons. The zero-order valence-electron chi connectivity index (χ0n) is 11.1. The summed E-state index contributed by atoms with van der Waals surface area (Å²) in [6.07, 6.45) is 0. The molecule has 6 nitrogen and oxygen atoms in total. The number of hydrogen-bond donors (Lipinski definition) is 3. The number of phenolic OH excluding ortho intramolecular Hbond substituents is 2. The minimum atomic E-state index is -0.430. The van der Waals surface area contributed by atoms with Crippen LogP contribution >= 0.6 is 0 Å². The van der Waals surface area contributed by atoms with E-state index < -0.39 is 6.03 Å². The Balaban J connectivity index is 0.000000194. The van der Waals surface area contributed by atoms with Gasteiger partial charge in [0.15, 0.2) is 0 Å². The summed E-state index contributed by atoms with van der Waals surface area (Å²) >= 11 is 0. The molecule has 2 aromatic rings. The van der Waals surface area contributed by atoms with Crippen LogP contribution in [-0.2, 0) is 4.79 Å². The summed E-state index contributed by atoms with van der Waals surface area (Å²) in [6.45, 7) is 0.0314. The molecule has 1 fully saturated rings. The lowest BCUT2D eigenvalue weighted by Crippen LogP contribution is -2.27. The molecule has 0 atom stereocenters. The summed E-state index contributed by atoms with van der Waals surface area (Å²) < 4.78 is 0. The maximum atomic E-state index is 11.2. The fourth-order valence-electron chi connectivity index (χ4n) is 1.71. The average molecular weight is 286 g/mol. The number of phenols is 2. The van der Waals surface area contributed by atoms with Gasteiger partial charge < -0.3 is 10.2 Å². The van der Waals surface area contributed by atoms with Gasteiger partial charge in [-0.15, -0.1) is 0 Å². The molecule has 0 bridgehead atoms. The van der Waals surface area contributed by atoms with Crippen molar-refractivity contribution in [3.05, 3.63) is 54.6 Å².